The minimum Gasteiger partial charge on any atom is -0.484 e. The van der Waals surface area contributed by atoms with Crippen LogP contribution in [0.5, 0.6) is 5.75 Å². The number of anilines is 2. The number of morpholine rings is 1. The number of hydrogen-bond donors (Lipinski definition) is 1. The highest BCUT2D eigenvalue weighted by Crippen LogP contribution is 2.25. The molecular weight excluding hydrogens is 434 g/mol. The summed E-state index contributed by atoms with van der Waals surface area (Å²) < 4.78 is 37.5. The van der Waals surface area contributed by atoms with Crippen LogP contribution in [0.25, 0.3) is 0 Å². The summed E-state index contributed by atoms with van der Waals surface area (Å²) in [7, 11) is -3.58. The summed E-state index contributed by atoms with van der Waals surface area (Å²) in [6.45, 7) is 1.87. The minimum absolute atomic E-state index is 0.0824. The Hall–Kier alpha value is -2.95. The number of sulfonamides is 1. The average Bonchev–Trinajstić information content (AvgIpc) is 3.25. The van der Waals surface area contributed by atoms with Gasteiger partial charge in [0.25, 0.3) is 5.91 Å². The SMILES string of the molecule is O=C(COc1cccc(N2CCCC2=O)c1)Nc1ccc(S(=O)(=O)N2CCOCC2)cc1. The molecule has 0 spiro atoms. The Bertz CT molecular complexity index is 1080. The Kier molecular flexibility index (Phi) is 6.73. The fourth-order valence-corrected chi connectivity index (χ4v) is 5.06. The lowest BCUT2D eigenvalue weighted by Crippen LogP contribution is -2.40. The monoisotopic (exact) mass is 459 g/mol. The van der Waals surface area contributed by atoms with Gasteiger partial charge in [-0.2, -0.15) is 4.31 Å². The van der Waals surface area contributed by atoms with Gasteiger partial charge in [-0.15, -0.1) is 0 Å². The van der Waals surface area contributed by atoms with Crippen LogP contribution < -0.4 is 15.0 Å². The highest BCUT2D eigenvalue weighted by atomic mass is 32.2. The summed E-state index contributed by atoms with van der Waals surface area (Å²) in [5.41, 5.74) is 1.22. The highest BCUT2D eigenvalue weighted by Gasteiger charge is 2.26. The van der Waals surface area contributed by atoms with Crippen LogP contribution in [0.2, 0.25) is 0 Å². The van der Waals surface area contributed by atoms with Gasteiger partial charge in [0.05, 0.1) is 18.1 Å². The van der Waals surface area contributed by atoms with E-state index < -0.39 is 10.0 Å². The van der Waals surface area contributed by atoms with E-state index in [4.69, 9.17) is 9.47 Å². The molecule has 0 unspecified atom stereocenters. The predicted molar refractivity (Wildman–Crippen MR) is 118 cm³/mol. The molecule has 2 aromatic rings. The second kappa shape index (κ2) is 9.68. The largest absolute Gasteiger partial charge is 0.484 e. The maximum Gasteiger partial charge on any atom is 0.262 e. The van der Waals surface area contributed by atoms with Crippen molar-refractivity contribution in [3.63, 3.8) is 0 Å². The van der Waals surface area contributed by atoms with Gasteiger partial charge >= 0.3 is 0 Å². The molecule has 2 fully saturated rings. The molecule has 0 bridgehead atoms. The number of hydrogen-bond acceptors (Lipinski definition) is 6. The molecule has 2 saturated heterocycles. The first-order valence-corrected chi connectivity index (χ1v) is 11.9. The molecule has 4 rings (SSSR count). The number of carbonyl (C=O) groups excluding carboxylic acids is 2. The first-order valence-electron chi connectivity index (χ1n) is 10.4. The predicted octanol–water partition coefficient (Wildman–Crippen LogP) is 1.85. The summed E-state index contributed by atoms with van der Waals surface area (Å²) in [6.07, 6.45) is 1.37. The van der Waals surface area contributed by atoms with E-state index >= 15 is 0 Å². The van der Waals surface area contributed by atoms with Crippen molar-refractivity contribution in [2.45, 2.75) is 17.7 Å². The van der Waals surface area contributed by atoms with Crippen LogP contribution in [0.4, 0.5) is 11.4 Å². The number of benzene rings is 2. The van der Waals surface area contributed by atoms with Crippen LogP contribution in [0.15, 0.2) is 53.4 Å². The van der Waals surface area contributed by atoms with Crippen molar-refractivity contribution in [2.24, 2.45) is 0 Å². The summed E-state index contributed by atoms with van der Waals surface area (Å²) in [5, 5.41) is 2.69. The van der Waals surface area contributed by atoms with E-state index in [1.54, 1.807) is 35.2 Å². The van der Waals surface area contributed by atoms with Crippen LogP contribution in [-0.2, 0) is 24.3 Å². The maximum atomic E-state index is 12.7. The first kappa shape index (κ1) is 22.3. The molecule has 170 valence electrons. The van der Waals surface area contributed by atoms with E-state index in [1.165, 1.54) is 16.4 Å². The van der Waals surface area contributed by atoms with Gasteiger partial charge in [-0.05, 0) is 42.8 Å². The summed E-state index contributed by atoms with van der Waals surface area (Å²) in [4.78, 5) is 26.0. The fraction of sp³-hybridized carbons (Fsp3) is 0.364. The number of ether oxygens (including phenoxy) is 2. The summed E-state index contributed by atoms with van der Waals surface area (Å²) in [6, 6.07) is 13.1. The number of carbonyl (C=O) groups is 2. The summed E-state index contributed by atoms with van der Waals surface area (Å²) in [5.74, 6) is 0.194. The molecule has 0 aromatic heterocycles. The lowest BCUT2D eigenvalue weighted by Gasteiger charge is -2.26. The van der Waals surface area contributed by atoms with Crippen LogP contribution >= 0.6 is 0 Å². The number of nitrogens with zero attached hydrogens (tertiary/aromatic N) is 2. The van der Waals surface area contributed by atoms with E-state index in [0.29, 0.717) is 50.7 Å². The van der Waals surface area contributed by atoms with Gasteiger partial charge < -0.3 is 19.7 Å². The van der Waals surface area contributed by atoms with E-state index in [9.17, 15) is 18.0 Å². The molecular formula is C22H25N3O6S. The van der Waals surface area contributed by atoms with Gasteiger partial charge in [-0.1, -0.05) is 6.07 Å². The molecule has 2 aromatic carbocycles. The van der Waals surface area contributed by atoms with Crippen molar-refractivity contribution in [1.82, 2.24) is 4.31 Å². The van der Waals surface area contributed by atoms with Crippen molar-refractivity contribution in [3.05, 3.63) is 48.5 Å². The molecule has 2 heterocycles. The van der Waals surface area contributed by atoms with Crippen molar-refractivity contribution in [3.8, 4) is 5.75 Å². The molecule has 1 N–H and O–H groups in total. The highest BCUT2D eigenvalue weighted by molar-refractivity contribution is 7.89. The number of rotatable bonds is 7. The third-order valence-corrected chi connectivity index (χ3v) is 7.23. The van der Waals surface area contributed by atoms with E-state index in [2.05, 4.69) is 5.32 Å². The Labute approximate surface area is 187 Å². The average molecular weight is 460 g/mol. The van der Waals surface area contributed by atoms with E-state index in [-0.39, 0.29) is 23.3 Å². The van der Waals surface area contributed by atoms with Gasteiger partial charge in [0, 0.05) is 43.5 Å². The Morgan fingerprint density at radius 2 is 1.81 bits per heavy atom. The van der Waals surface area contributed by atoms with Gasteiger partial charge in [-0.25, -0.2) is 8.42 Å². The molecule has 0 radical (unpaired) electrons. The topological polar surface area (TPSA) is 105 Å². The molecule has 32 heavy (non-hydrogen) atoms. The number of nitrogens with one attached hydrogen (secondary N) is 1. The molecule has 2 aliphatic rings. The maximum absolute atomic E-state index is 12.7. The molecule has 2 aliphatic heterocycles. The van der Waals surface area contributed by atoms with Crippen LogP contribution in [0.1, 0.15) is 12.8 Å². The van der Waals surface area contributed by atoms with Gasteiger partial charge in [0.15, 0.2) is 6.61 Å². The van der Waals surface area contributed by atoms with Gasteiger partial charge in [0.1, 0.15) is 5.75 Å². The Balaban J connectivity index is 1.32. The quantitative estimate of drug-likeness (QED) is 0.678. The molecule has 0 saturated carbocycles. The van der Waals surface area contributed by atoms with Crippen LogP contribution in [0, 0.1) is 0 Å². The van der Waals surface area contributed by atoms with Gasteiger partial charge in [0.2, 0.25) is 15.9 Å². The summed E-state index contributed by atoms with van der Waals surface area (Å²) >= 11 is 0. The zero-order chi connectivity index (χ0) is 22.6. The molecule has 0 atom stereocenters. The third kappa shape index (κ3) is 5.09. The molecule has 10 heteroatoms. The van der Waals surface area contributed by atoms with E-state index in [0.717, 1.165) is 12.1 Å². The lowest BCUT2D eigenvalue weighted by atomic mass is 10.3. The van der Waals surface area contributed by atoms with Crippen molar-refractivity contribution in [2.75, 3.05) is 49.7 Å². The molecule has 2 amide bonds. The van der Waals surface area contributed by atoms with Crippen molar-refractivity contribution >= 4 is 33.2 Å². The third-order valence-electron chi connectivity index (χ3n) is 5.32. The Morgan fingerprint density at radius 1 is 1.06 bits per heavy atom. The molecule has 9 nitrogen and oxygen atoms in total. The second-order valence-corrected chi connectivity index (χ2v) is 9.46. The standard InChI is InChI=1S/C22H25N3O6S/c26-21(16-31-19-4-1-3-18(15-19)25-10-2-5-22(25)27)23-17-6-8-20(9-7-17)32(28,29)24-11-13-30-14-12-24/h1,3-4,6-9,15H,2,5,10-14,16H2,(H,23,26). The van der Waals surface area contributed by atoms with Crippen molar-refractivity contribution < 1.29 is 27.5 Å². The normalized spacial score (nSPS) is 17.4. The Morgan fingerprint density at radius 3 is 2.50 bits per heavy atom. The fourth-order valence-electron chi connectivity index (χ4n) is 3.65. The van der Waals surface area contributed by atoms with Crippen LogP contribution in [-0.4, -0.2) is 64.0 Å². The van der Waals surface area contributed by atoms with Gasteiger partial charge in [-0.3, -0.25) is 9.59 Å². The zero-order valence-electron chi connectivity index (χ0n) is 17.5. The zero-order valence-corrected chi connectivity index (χ0v) is 18.3. The number of amides is 2. The first-order chi connectivity index (χ1) is 15.4. The van der Waals surface area contributed by atoms with Crippen LogP contribution in [0.3, 0.4) is 0 Å². The van der Waals surface area contributed by atoms with Crippen molar-refractivity contribution in [1.29, 1.82) is 0 Å². The second-order valence-electron chi connectivity index (χ2n) is 7.52. The smallest absolute Gasteiger partial charge is 0.262 e. The molecule has 0 aliphatic carbocycles. The lowest BCUT2D eigenvalue weighted by molar-refractivity contribution is -0.118. The van der Waals surface area contributed by atoms with E-state index in [1.807, 2.05) is 6.07 Å². The minimum atomic E-state index is -3.58.